The minimum atomic E-state index is -0.792. The monoisotopic (exact) mass is 454 g/mol. The lowest BCUT2D eigenvalue weighted by atomic mass is 9.94. The lowest BCUT2D eigenvalue weighted by molar-refractivity contribution is -0.140. The summed E-state index contributed by atoms with van der Waals surface area (Å²) in [5.41, 5.74) is 1.92. The van der Waals surface area contributed by atoms with Gasteiger partial charge < -0.3 is 24.0 Å². The zero-order valence-electron chi connectivity index (χ0n) is 18.0. The van der Waals surface area contributed by atoms with Gasteiger partial charge in [-0.05, 0) is 24.3 Å². The summed E-state index contributed by atoms with van der Waals surface area (Å²) in [7, 11) is 4.88. The van der Waals surface area contributed by atoms with Crippen LogP contribution in [0.2, 0.25) is 5.02 Å². The van der Waals surface area contributed by atoms with Crippen molar-refractivity contribution in [1.82, 2.24) is 9.47 Å². The van der Waals surface area contributed by atoms with Gasteiger partial charge in [0.15, 0.2) is 0 Å². The third-order valence-electron chi connectivity index (χ3n) is 5.72. The number of para-hydroxylation sites is 1. The number of aryl methyl sites for hydroxylation is 1. The van der Waals surface area contributed by atoms with Crippen molar-refractivity contribution in [3.8, 4) is 5.75 Å². The number of ether oxygens (including phenoxy) is 2. The summed E-state index contributed by atoms with van der Waals surface area (Å²) in [6, 6.07) is 11.7. The number of aliphatic hydroxyl groups is 1. The van der Waals surface area contributed by atoms with Gasteiger partial charge in [0.25, 0.3) is 11.7 Å². The average molecular weight is 455 g/mol. The molecular formula is C24H23ClN2O5. The molecule has 2 aromatic carbocycles. The fourth-order valence-corrected chi connectivity index (χ4v) is 4.40. The van der Waals surface area contributed by atoms with E-state index < -0.39 is 17.7 Å². The number of rotatable bonds is 6. The van der Waals surface area contributed by atoms with E-state index in [1.165, 1.54) is 25.2 Å². The summed E-state index contributed by atoms with van der Waals surface area (Å²) in [5, 5.41) is 12.5. The number of ketones is 1. The number of carbonyl (C=O) groups excluding carboxylic acids is 2. The van der Waals surface area contributed by atoms with Gasteiger partial charge in [0.05, 0.1) is 30.9 Å². The predicted octanol–water partition coefficient (Wildman–Crippen LogP) is 3.91. The third kappa shape index (κ3) is 3.53. The molecular weight excluding hydrogens is 432 g/mol. The van der Waals surface area contributed by atoms with Gasteiger partial charge in [0.2, 0.25) is 0 Å². The van der Waals surface area contributed by atoms with Crippen molar-refractivity contribution in [3.05, 3.63) is 70.4 Å². The van der Waals surface area contributed by atoms with Crippen LogP contribution in [0.5, 0.6) is 5.75 Å². The average Bonchev–Trinajstić information content (AvgIpc) is 3.25. The Morgan fingerprint density at radius 2 is 1.91 bits per heavy atom. The molecule has 1 unspecified atom stereocenters. The van der Waals surface area contributed by atoms with Gasteiger partial charge in [-0.1, -0.05) is 29.8 Å². The van der Waals surface area contributed by atoms with E-state index in [0.717, 1.165) is 16.5 Å². The fraction of sp³-hybridized carbons (Fsp3) is 0.250. The van der Waals surface area contributed by atoms with Crippen molar-refractivity contribution in [2.75, 3.05) is 27.4 Å². The van der Waals surface area contributed by atoms with Crippen LogP contribution in [0.25, 0.3) is 16.7 Å². The molecule has 1 aliphatic rings. The Morgan fingerprint density at radius 1 is 1.16 bits per heavy atom. The highest BCUT2D eigenvalue weighted by molar-refractivity contribution is 6.46. The van der Waals surface area contributed by atoms with Crippen LogP contribution in [-0.2, 0) is 21.4 Å². The van der Waals surface area contributed by atoms with Crippen LogP contribution in [0.15, 0.2) is 54.2 Å². The maximum Gasteiger partial charge on any atom is 0.295 e. The van der Waals surface area contributed by atoms with Gasteiger partial charge in [-0.15, -0.1) is 0 Å². The van der Waals surface area contributed by atoms with E-state index >= 15 is 0 Å². The molecule has 32 heavy (non-hydrogen) atoms. The number of aromatic nitrogens is 1. The van der Waals surface area contributed by atoms with Crippen LogP contribution >= 0.6 is 11.6 Å². The number of aliphatic hydroxyl groups excluding tert-OH is 1. The van der Waals surface area contributed by atoms with Crippen molar-refractivity contribution in [2.24, 2.45) is 7.05 Å². The van der Waals surface area contributed by atoms with Gasteiger partial charge in [-0.2, -0.15) is 0 Å². The van der Waals surface area contributed by atoms with Crippen LogP contribution in [-0.4, -0.2) is 53.6 Å². The van der Waals surface area contributed by atoms with Crippen LogP contribution in [0.3, 0.4) is 0 Å². The number of hydrogen-bond acceptors (Lipinski definition) is 5. The Morgan fingerprint density at radius 3 is 2.62 bits per heavy atom. The molecule has 0 bridgehead atoms. The molecule has 1 saturated heterocycles. The Balaban J connectivity index is 1.99. The van der Waals surface area contributed by atoms with Crippen molar-refractivity contribution >= 4 is 40.0 Å². The molecule has 1 aliphatic heterocycles. The number of nitrogens with zero attached hydrogens (tertiary/aromatic N) is 2. The van der Waals surface area contributed by atoms with Crippen LogP contribution < -0.4 is 4.74 Å². The lowest BCUT2D eigenvalue weighted by Crippen LogP contribution is -2.32. The maximum atomic E-state index is 13.2. The summed E-state index contributed by atoms with van der Waals surface area (Å²) in [5.74, 6) is -1.45. The van der Waals surface area contributed by atoms with Crippen molar-refractivity contribution < 1.29 is 24.2 Å². The first-order chi connectivity index (χ1) is 15.4. The molecule has 8 heteroatoms. The first-order valence-corrected chi connectivity index (χ1v) is 10.4. The molecule has 0 spiro atoms. The quantitative estimate of drug-likeness (QED) is 0.347. The highest BCUT2D eigenvalue weighted by Crippen LogP contribution is 2.43. The largest absolute Gasteiger partial charge is 0.507 e. The summed E-state index contributed by atoms with van der Waals surface area (Å²) < 4.78 is 12.5. The molecule has 2 heterocycles. The van der Waals surface area contributed by atoms with Crippen LogP contribution in [0.4, 0.5) is 0 Å². The first kappa shape index (κ1) is 21.9. The topological polar surface area (TPSA) is 81.0 Å². The molecule has 0 saturated carbocycles. The Bertz CT molecular complexity index is 1250. The molecule has 0 aliphatic carbocycles. The number of halogens is 1. The molecule has 1 fully saturated rings. The minimum absolute atomic E-state index is 0.0111. The summed E-state index contributed by atoms with van der Waals surface area (Å²) in [4.78, 5) is 27.6. The molecule has 1 atom stereocenters. The van der Waals surface area contributed by atoms with E-state index in [1.807, 2.05) is 42.1 Å². The molecule has 3 aromatic rings. The number of carbonyl (C=O) groups is 2. The van der Waals surface area contributed by atoms with Gasteiger partial charge in [0, 0.05) is 48.4 Å². The summed E-state index contributed by atoms with van der Waals surface area (Å²) >= 11 is 6.15. The number of fused-ring (bicyclic) bond motifs is 1. The third-order valence-corrected chi connectivity index (χ3v) is 5.95. The van der Waals surface area contributed by atoms with Crippen LogP contribution in [0, 0.1) is 0 Å². The zero-order chi connectivity index (χ0) is 23.0. The molecule has 7 nitrogen and oxygen atoms in total. The smallest absolute Gasteiger partial charge is 0.295 e. The van der Waals surface area contributed by atoms with E-state index in [2.05, 4.69) is 0 Å². The van der Waals surface area contributed by atoms with Crippen molar-refractivity contribution in [3.63, 3.8) is 0 Å². The minimum Gasteiger partial charge on any atom is -0.507 e. The van der Waals surface area contributed by atoms with E-state index in [1.54, 1.807) is 12.1 Å². The van der Waals surface area contributed by atoms with Crippen molar-refractivity contribution in [2.45, 2.75) is 6.04 Å². The Labute approximate surface area is 190 Å². The number of methoxy groups -OCH3 is 2. The Kier molecular flexibility index (Phi) is 5.95. The number of Topliss-reactive ketones (excluding diaryl/α,β-unsaturated/α-hetero) is 1. The van der Waals surface area contributed by atoms with Gasteiger partial charge >= 0.3 is 0 Å². The Hall–Kier alpha value is -3.29. The summed E-state index contributed by atoms with van der Waals surface area (Å²) in [6.07, 6.45) is 1.88. The predicted molar refractivity (Wildman–Crippen MR) is 122 cm³/mol. The SMILES string of the molecule is COCCN1C(=O)C(=O)/C(=C(/O)c2cc(Cl)ccc2OC)C1c1cn(C)c2ccccc12. The molecule has 0 radical (unpaired) electrons. The molecule has 1 amide bonds. The van der Waals surface area contributed by atoms with Crippen LogP contribution in [0.1, 0.15) is 17.2 Å². The second-order valence-electron chi connectivity index (χ2n) is 7.54. The molecule has 1 aromatic heterocycles. The van der Waals surface area contributed by atoms with Gasteiger partial charge in [-0.25, -0.2) is 0 Å². The normalized spacial score (nSPS) is 18.0. The lowest BCUT2D eigenvalue weighted by Gasteiger charge is -2.24. The standard InChI is InChI=1S/C24H23ClN2O5/c1-26-13-17(15-6-4-5-7-18(15)26)21-20(23(29)24(30)27(21)10-11-31-2)22(28)16-12-14(25)8-9-19(16)32-3/h4-9,12-13,21,28H,10-11H2,1-3H3/b22-20+. The van der Waals surface area contributed by atoms with Gasteiger partial charge in [0.1, 0.15) is 11.5 Å². The van der Waals surface area contributed by atoms with E-state index in [9.17, 15) is 14.7 Å². The van der Waals surface area contributed by atoms with Crippen molar-refractivity contribution in [1.29, 1.82) is 0 Å². The molecule has 166 valence electrons. The molecule has 4 rings (SSSR count). The number of amides is 1. The number of likely N-dealkylation sites (tertiary alicyclic amines) is 1. The number of benzene rings is 2. The van der Waals surface area contributed by atoms with E-state index in [-0.39, 0.29) is 30.0 Å². The number of hydrogen-bond donors (Lipinski definition) is 1. The first-order valence-electron chi connectivity index (χ1n) is 10.0. The zero-order valence-corrected chi connectivity index (χ0v) is 18.7. The highest BCUT2D eigenvalue weighted by Gasteiger charge is 2.47. The maximum absolute atomic E-state index is 13.2. The van der Waals surface area contributed by atoms with Gasteiger partial charge in [-0.3, -0.25) is 9.59 Å². The molecule has 1 N–H and O–H groups in total. The summed E-state index contributed by atoms with van der Waals surface area (Å²) in [6.45, 7) is 0.438. The van der Waals surface area contributed by atoms with E-state index in [0.29, 0.717) is 10.8 Å². The second kappa shape index (κ2) is 8.68. The fourth-order valence-electron chi connectivity index (χ4n) is 4.22. The second-order valence-corrected chi connectivity index (χ2v) is 7.98. The highest BCUT2D eigenvalue weighted by atomic mass is 35.5. The van der Waals surface area contributed by atoms with E-state index in [4.69, 9.17) is 21.1 Å².